The molecule has 2 N–H and O–H groups in total. The number of nitrogens with zero attached hydrogens (tertiary/aromatic N) is 2. The zero-order chi connectivity index (χ0) is 20.5. The van der Waals surface area contributed by atoms with Crippen LogP contribution in [-0.2, 0) is 4.79 Å². The molecule has 0 heterocycles. The van der Waals surface area contributed by atoms with Gasteiger partial charge in [0.2, 0.25) is 0 Å². The summed E-state index contributed by atoms with van der Waals surface area (Å²) in [6.45, 7) is -0.0637. The summed E-state index contributed by atoms with van der Waals surface area (Å²) in [7, 11) is 4.32. The van der Waals surface area contributed by atoms with Gasteiger partial charge in [-0.05, 0) is 18.2 Å². The summed E-state index contributed by atoms with van der Waals surface area (Å²) in [5.41, 5.74) is 2.88. The lowest BCUT2D eigenvalue weighted by molar-refractivity contribution is -0.385. The van der Waals surface area contributed by atoms with E-state index in [9.17, 15) is 14.9 Å². The number of nitro benzene ring substituents is 1. The highest BCUT2D eigenvalue weighted by Crippen LogP contribution is 2.33. The van der Waals surface area contributed by atoms with Gasteiger partial charge < -0.3 is 19.5 Å². The molecular formula is C18H20N4O6. The van der Waals surface area contributed by atoms with Crippen LogP contribution in [0.15, 0.2) is 41.5 Å². The van der Waals surface area contributed by atoms with E-state index in [-0.39, 0.29) is 23.5 Å². The van der Waals surface area contributed by atoms with E-state index >= 15 is 0 Å². The second kappa shape index (κ2) is 9.76. The Morgan fingerprint density at radius 3 is 2.39 bits per heavy atom. The minimum atomic E-state index is -0.575. The van der Waals surface area contributed by atoms with Crippen molar-refractivity contribution < 1.29 is 23.9 Å². The van der Waals surface area contributed by atoms with Crippen LogP contribution >= 0.6 is 0 Å². The molecule has 148 valence electrons. The fraction of sp³-hybridized carbons (Fsp3) is 0.222. The van der Waals surface area contributed by atoms with Gasteiger partial charge in [-0.15, -0.1) is 0 Å². The van der Waals surface area contributed by atoms with Crippen molar-refractivity contribution in [2.75, 3.05) is 33.2 Å². The van der Waals surface area contributed by atoms with E-state index in [2.05, 4.69) is 15.8 Å². The second-order valence-electron chi connectivity index (χ2n) is 5.37. The molecule has 0 unspecified atom stereocenters. The van der Waals surface area contributed by atoms with Crippen molar-refractivity contribution in [1.29, 1.82) is 0 Å². The number of nitrogens with one attached hydrogen (secondary N) is 2. The number of hydrazone groups is 1. The van der Waals surface area contributed by atoms with Crippen molar-refractivity contribution in [2.24, 2.45) is 5.10 Å². The quantitative estimate of drug-likeness (QED) is 0.383. The predicted molar refractivity (Wildman–Crippen MR) is 103 cm³/mol. The topological polar surface area (TPSA) is 124 Å². The van der Waals surface area contributed by atoms with Crippen LogP contribution in [0, 0.1) is 10.1 Å². The Labute approximate surface area is 161 Å². The summed E-state index contributed by atoms with van der Waals surface area (Å²) in [5.74, 6) is 0.681. The number of hydrogen-bond donors (Lipinski definition) is 2. The third-order valence-corrected chi connectivity index (χ3v) is 3.67. The maximum Gasteiger partial charge on any atom is 0.282 e. The molecule has 0 aliphatic heterocycles. The number of nitro groups is 1. The summed E-state index contributed by atoms with van der Waals surface area (Å²) in [4.78, 5) is 22.6. The minimum Gasteiger partial charge on any atom is -0.495 e. The van der Waals surface area contributed by atoms with Crippen molar-refractivity contribution in [3.8, 4) is 17.2 Å². The number of rotatable bonds is 9. The molecule has 0 aliphatic rings. The number of carbonyl (C=O) groups is 1. The Kier molecular flexibility index (Phi) is 7.14. The Bertz CT molecular complexity index is 884. The van der Waals surface area contributed by atoms with Crippen molar-refractivity contribution in [1.82, 2.24) is 5.43 Å². The molecule has 2 aromatic rings. The number of amides is 1. The maximum absolute atomic E-state index is 11.9. The number of hydrogen-bond acceptors (Lipinski definition) is 8. The van der Waals surface area contributed by atoms with Crippen LogP contribution < -0.4 is 25.0 Å². The lowest BCUT2D eigenvalue weighted by Gasteiger charge is -2.10. The van der Waals surface area contributed by atoms with E-state index in [1.807, 2.05) is 6.07 Å². The van der Waals surface area contributed by atoms with Gasteiger partial charge in [0, 0.05) is 0 Å². The summed E-state index contributed by atoms with van der Waals surface area (Å²) < 4.78 is 15.4. The van der Waals surface area contributed by atoms with Gasteiger partial charge in [0.15, 0.2) is 11.5 Å². The molecule has 0 spiro atoms. The average Bonchev–Trinajstić information content (AvgIpc) is 2.71. The maximum atomic E-state index is 11.9. The van der Waals surface area contributed by atoms with Crippen molar-refractivity contribution >= 4 is 23.5 Å². The van der Waals surface area contributed by atoms with Gasteiger partial charge in [-0.1, -0.05) is 12.1 Å². The zero-order valence-corrected chi connectivity index (χ0v) is 15.6. The molecule has 0 radical (unpaired) electrons. The Morgan fingerprint density at radius 1 is 1.11 bits per heavy atom. The molecule has 0 atom stereocenters. The third kappa shape index (κ3) is 5.10. The highest BCUT2D eigenvalue weighted by molar-refractivity contribution is 5.88. The largest absolute Gasteiger partial charge is 0.495 e. The van der Waals surface area contributed by atoms with E-state index in [1.54, 1.807) is 18.2 Å². The molecule has 1 amide bonds. The molecule has 0 bridgehead atoms. The van der Waals surface area contributed by atoms with Crippen LogP contribution in [0.5, 0.6) is 17.2 Å². The zero-order valence-electron chi connectivity index (χ0n) is 15.6. The van der Waals surface area contributed by atoms with Gasteiger partial charge in [0.25, 0.3) is 11.6 Å². The lowest BCUT2D eigenvalue weighted by Crippen LogP contribution is -2.26. The number of anilines is 1. The first-order valence-electron chi connectivity index (χ1n) is 8.09. The highest BCUT2D eigenvalue weighted by Gasteiger charge is 2.18. The van der Waals surface area contributed by atoms with Crippen molar-refractivity contribution in [2.45, 2.75) is 0 Å². The molecule has 2 aromatic carbocycles. The molecule has 2 rings (SSSR count). The molecule has 0 aliphatic carbocycles. The number of ether oxygens (including phenoxy) is 3. The second-order valence-corrected chi connectivity index (χ2v) is 5.37. The molecule has 10 heteroatoms. The van der Waals surface area contributed by atoms with Gasteiger partial charge in [-0.2, -0.15) is 5.10 Å². The minimum absolute atomic E-state index is 0.0637. The fourth-order valence-electron chi connectivity index (χ4n) is 2.33. The molecule has 28 heavy (non-hydrogen) atoms. The van der Waals surface area contributed by atoms with Crippen LogP contribution in [0.1, 0.15) is 5.56 Å². The van der Waals surface area contributed by atoms with Crippen LogP contribution in [0.25, 0.3) is 0 Å². The molecule has 0 fully saturated rings. The summed E-state index contributed by atoms with van der Waals surface area (Å²) >= 11 is 0. The van der Waals surface area contributed by atoms with E-state index in [1.165, 1.54) is 39.7 Å². The molecule has 0 saturated carbocycles. The summed E-state index contributed by atoms with van der Waals surface area (Å²) in [6, 6.07) is 9.77. The van der Waals surface area contributed by atoms with Crippen LogP contribution in [0.2, 0.25) is 0 Å². The molecule has 0 aromatic heterocycles. The number of methoxy groups -OCH3 is 3. The Morgan fingerprint density at radius 2 is 1.75 bits per heavy atom. The summed E-state index contributed by atoms with van der Waals surface area (Å²) in [6.07, 6.45) is 1.17. The monoisotopic (exact) mass is 388 g/mol. The highest BCUT2D eigenvalue weighted by atomic mass is 16.6. The smallest absolute Gasteiger partial charge is 0.282 e. The van der Waals surface area contributed by atoms with Crippen molar-refractivity contribution in [3.63, 3.8) is 0 Å². The Balaban J connectivity index is 2.05. The number of carbonyl (C=O) groups excluding carboxylic acids is 1. The van der Waals surface area contributed by atoms with E-state index < -0.39 is 10.8 Å². The van der Waals surface area contributed by atoms with Gasteiger partial charge in [0.1, 0.15) is 5.75 Å². The van der Waals surface area contributed by atoms with Crippen LogP contribution in [-0.4, -0.2) is 44.9 Å². The standard InChI is InChI=1S/C18H20N4O6/c1-26-15-7-5-4-6-13(15)19-11-18(23)21-20-10-12-8-16(27-2)17(28-3)9-14(12)22(24)25/h4-10,19H,11H2,1-3H3,(H,21,23)/b20-10-. The lowest BCUT2D eigenvalue weighted by atomic mass is 10.1. The van der Waals surface area contributed by atoms with Crippen molar-refractivity contribution in [3.05, 3.63) is 52.1 Å². The first kappa shape index (κ1) is 20.5. The van der Waals surface area contributed by atoms with Gasteiger partial charge in [0.05, 0.1) is 56.3 Å². The molecular weight excluding hydrogens is 368 g/mol. The van der Waals surface area contributed by atoms with Gasteiger partial charge in [-0.25, -0.2) is 5.43 Å². The predicted octanol–water partition coefficient (Wildman–Crippen LogP) is 2.18. The fourth-order valence-corrected chi connectivity index (χ4v) is 2.33. The van der Waals surface area contributed by atoms with E-state index in [0.717, 1.165) is 0 Å². The van der Waals surface area contributed by atoms with Gasteiger partial charge >= 0.3 is 0 Å². The molecule has 0 saturated heterocycles. The SMILES string of the molecule is COc1ccccc1NCC(=O)N/N=C\c1cc(OC)c(OC)cc1[N+](=O)[O-]. The first-order valence-corrected chi connectivity index (χ1v) is 8.09. The number of benzene rings is 2. The van der Waals surface area contributed by atoms with Crippen LogP contribution in [0.3, 0.4) is 0 Å². The normalized spacial score (nSPS) is 10.4. The third-order valence-electron chi connectivity index (χ3n) is 3.67. The molecule has 10 nitrogen and oxygen atoms in total. The first-order chi connectivity index (χ1) is 13.5. The Hall–Kier alpha value is -3.82. The van der Waals surface area contributed by atoms with E-state index in [0.29, 0.717) is 17.2 Å². The van der Waals surface area contributed by atoms with Gasteiger partial charge in [-0.3, -0.25) is 14.9 Å². The summed E-state index contributed by atoms with van der Waals surface area (Å²) in [5, 5.41) is 17.9. The van der Waals surface area contributed by atoms with Crippen LogP contribution in [0.4, 0.5) is 11.4 Å². The number of para-hydroxylation sites is 2. The van der Waals surface area contributed by atoms with E-state index in [4.69, 9.17) is 14.2 Å². The average molecular weight is 388 g/mol.